The number of rotatable bonds is 3. The smallest absolute Gasteiger partial charge is 0.321 e. The maximum Gasteiger partial charge on any atom is 0.321 e. The summed E-state index contributed by atoms with van der Waals surface area (Å²) < 4.78 is 5.08. The molecule has 0 spiro atoms. The van der Waals surface area contributed by atoms with Gasteiger partial charge in [-0.1, -0.05) is 0 Å². The Balaban J connectivity index is 2.94. The lowest BCUT2D eigenvalue weighted by Crippen LogP contribution is -2.38. The average Bonchev–Trinajstić information content (AvgIpc) is 2.17. The largest absolute Gasteiger partial charge is 0.480 e. The van der Waals surface area contributed by atoms with Crippen molar-refractivity contribution in [1.29, 1.82) is 0 Å². The van der Waals surface area contributed by atoms with Crippen molar-refractivity contribution in [3.05, 3.63) is 0 Å². The third-order valence-corrected chi connectivity index (χ3v) is 2.14. The summed E-state index contributed by atoms with van der Waals surface area (Å²) >= 11 is 0. The average molecular weight is 212 g/mol. The summed E-state index contributed by atoms with van der Waals surface area (Å²) in [4.78, 5) is 29.3. The van der Waals surface area contributed by atoms with Gasteiger partial charge in [-0.15, -0.1) is 0 Å². The fourth-order valence-electron chi connectivity index (χ4n) is 0.962. The Hall–Kier alpha value is -1.56. The molecule has 0 aromatic carbocycles. The van der Waals surface area contributed by atoms with E-state index in [0.29, 0.717) is 0 Å². The SMILES string of the molecule is COC(C)(C)C1=NC(=O)C(C(=O)O)C=N1. The number of carboxylic acid groups (broad SMARTS) is 1. The number of carboxylic acids is 1. The molecule has 1 heterocycles. The van der Waals surface area contributed by atoms with Gasteiger partial charge in [-0.2, -0.15) is 4.99 Å². The van der Waals surface area contributed by atoms with Gasteiger partial charge in [0.15, 0.2) is 11.8 Å². The third-order valence-electron chi connectivity index (χ3n) is 2.14. The first kappa shape index (κ1) is 11.5. The zero-order valence-electron chi connectivity index (χ0n) is 8.72. The number of hydrogen-bond acceptors (Lipinski definition) is 4. The Labute approximate surface area is 86.7 Å². The molecule has 82 valence electrons. The van der Waals surface area contributed by atoms with E-state index in [0.717, 1.165) is 6.21 Å². The maximum atomic E-state index is 11.3. The summed E-state index contributed by atoms with van der Waals surface area (Å²) in [6, 6.07) is 0. The number of carbonyl (C=O) groups excluding carboxylic acids is 1. The number of hydrogen-bond donors (Lipinski definition) is 1. The molecule has 1 rings (SSSR count). The first-order valence-electron chi connectivity index (χ1n) is 4.33. The minimum atomic E-state index is -1.28. The first-order valence-corrected chi connectivity index (χ1v) is 4.33. The monoisotopic (exact) mass is 212 g/mol. The van der Waals surface area contributed by atoms with E-state index in [4.69, 9.17) is 9.84 Å². The summed E-state index contributed by atoms with van der Waals surface area (Å²) in [6.45, 7) is 3.38. The molecule has 1 amide bonds. The molecule has 0 fully saturated rings. The Morgan fingerprint density at radius 3 is 2.60 bits per heavy atom. The second kappa shape index (κ2) is 3.90. The number of methoxy groups -OCH3 is 1. The molecular weight excluding hydrogens is 200 g/mol. The van der Waals surface area contributed by atoms with Crippen molar-refractivity contribution < 1.29 is 19.4 Å². The fourth-order valence-corrected chi connectivity index (χ4v) is 0.962. The standard InChI is InChI=1S/C9H12N2O4/c1-9(2,15-3)8-10-4-5(7(13)14)6(12)11-8/h4-5H,1-3H3,(H,13,14). The lowest BCUT2D eigenvalue weighted by atomic mass is 10.1. The van der Waals surface area contributed by atoms with Crippen molar-refractivity contribution in [2.45, 2.75) is 19.4 Å². The Morgan fingerprint density at radius 1 is 1.60 bits per heavy atom. The number of amides is 1. The highest BCUT2D eigenvalue weighted by molar-refractivity contribution is 6.19. The molecule has 0 saturated carbocycles. The van der Waals surface area contributed by atoms with Crippen molar-refractivity contribution >= 4 is 23.9 Å². The van der Waals surface area contributed by atoms with Crippen molar-refractivity contribution in [3.8, 4) is 0 Å². The van der Waals surface area contributed by atoms with Gasteiger partial charge in [0.05, 0.1) is 0 Å². The van der Waals surface area contributed by atoms with Crippen LogP contribution < -0.4 is 0 Å². The normalized spacial score (nSPS) is 21.4. The fraction of sp³-hybridized carbons (Fsp3) is 0.556. The second-order valence-corrected chi connectivity index (χ2v) is 3.58. The van der Waals surface area contributed by atoms with Crippen molar-refractivity contribution in [2.75, 3.05) is 7.11 Å². The summed E-state index contributed by atoms with van der Waals surface area (Å²) in [5, 5.41) is 8.64. The van der Waals surface area contributed by atoms with Gasteiger partial charge in [-0.25, -0.2) is 4.99 Å². The van der Waals surface area contributed by atoms with Crippen LogP contribution in [-0.4, -0.2) is 41.7 Å². The van der Waals surface area contributed by atoms with Crippen LogP contribution in [0.5, 0.6) is 0 Å². The minimum Gasteiger partial charge on any atom is -0.480 e. The number of ether oxygens (including phenoxy) is 1. The molecule has 0 bridgehead atoms. The molecule has 0 radical (unpaired) electrons. The van der Waals surface area contributed by atoms with Gasteiger partial charge >= 0.3 is 5.97 Å². The molecule has 0 aliphatic carbocycles. The number of amidine groups is 1. The van der Waals surface area contributed by atoms with Crippen LogP contribution in [0.3, 0.4) is 0 Å². The number of aliphatic carboxylic acids is 1. The van der Waals surface area contributed by atoms with E-state index < -0.39 is 23.4 Å². The van der Waals surface area contributed by atoms with E-state index in [1.807, 2.05) is 0 Å². The molecule has 0 saturated heterocycles. The minimum absolute atomic E-state index is 0.188. The van der Waals surface area contributed by atoms with Gasteiger partial charge in [0, 0.05) is 13.3 Å². The van der Waals surface area contributed by atoms with Crippen LogP contribution in [0.25, 0.3) is 0 Å². The first-order chi connectivity index (χ1) is 6.88. The quantitative estimate of drug-likeness (QED) is 0.673. The van der Waals surface area contributed by atoms with Crippen LogP contribution in [0.1, 0.15) is 13.8 Å². The molecule has 15 heavy (non-hydrogen) atoms. The van der Waals surface area contributed by atoms with E-state index in [1.54, 1.807) is 13.8 Å². The van der Waals surface area contributed by atoms with Gasteiger partial charge in [0.1, 0.15) is 5.60 Å². The highest BCUT2D eigenvalue weighted by Crippen LogP contribution is 2.15. The maximum absolute atomic E-state index is 11.3. The second-order valence-electron chi connectivity index (χ2n) is 3.58. The molecule has 1 aliphatic rings. The third kappa shape index (κ3) is 2.27. The molecule has 1 N–H and O–H groups in total. The van der Waals surface area contributed by atoms with Crippen molar-refractivity contribution in [1.82, 2.24) is 0 Å². The van der Waals surface area contributed by atoms with E-state index in [9.17, 15) is 9.59 Å². The van der Waals surface area contributed by atoms with Gasteiger partial charge < -0.3 is 9.84 Å². The molecule has 0 aromatic heterocycles. The molecular formula is C9H12N2O4. The van der Waals surface area contributed by atoms with Gasteiger partial charge in [0.2, 0.25) is 0 Å². The number of nitrogens with zero attached hydrogens (tertiary/aromatic N) is 2. The summed E-state index contributed by atoms with van der Waals surface area (Å²) in [6.07, 6.45) is 1.08. The van der Waals surface area contributed by atoms with Crippen molar-refractivity contribution in [3.63, 3.8) is 0 Å². The van der Waals surface area contributed by atoms with Crippen LogP contribution in [-0.2, 0) is 14.3 Å². The highest BCUT2D eigenvalue weighted by atomic mass is 16.5. The number of aliphatic imine (C=N–C) groups is 2. The predicted molar refractivity (Wildman–Crippen MR) is 53.1 cm³/mol. The van der Waals surface area contributed by atoms with Crippen LogP contribution in [0, 0.1) is 5.92 Å². The molecule has 1 aliphatic heterocycles. The lowest BCUT2D eigenvalue weighted by molar-refractivity contribution is -0.142. The van der Waals surface area contributed by atoms with Gasteiger partial charge in [0.25, 0.3) is 5.91 Å². The topological polar surface area (TPSA) is 88.3 Å². The molecule has 0 aromatic rings. The molecule has 1 unspecified atom stereocenters. The zero-order valence-corrected chi connectivity index (χ0v) is 8.72. The summed E-state index contributed by atoms with van der Waals surface area (Å²) in [5.74, 6) is -3.06. The van der Waals surface area contributed by atoms with Crippen LogP contribution in [0.2, 0.25) is 0 Å². The van der Waals surface area contributed by atoms with E-state index in [2.05, 4.69) is 9.98 Å². The highest BCUT2D eigenvalue weighted by Gasteiger charge is 2.33. The van der Waals surface area contributed by atoms with Gasteiger partial charge in [-0.05, 0) is 13.8 Å². The van der Waals surface area contributed by atoms with Crippen LogP contribution in [0.4, 0.5) is 0 Å². The Morgan fingerprint density at radius 2 is 2.20 bits per heavy atom. The predicted octanol–water partition coefficient (Wildman–Crippen LogP) is 0.122. The summed E-state index contributed by atoms with van der Waals surface area (Å²) in [5.41, 5.74) is -0.796. The molecule has 1 atom stereocenters. The van der Waals surface area contributed by atoms with Crippen LogP contribution >= 0.6 is 0 Å². The van der Waals surface area contributed by atoms with E-state index >= 15 is 0 Å². The Bertz CT molecular complexity index is 357. The van der Waals surface area contributed by atoms with Crippen LogP contribution in [0.15, 0.2) is 9.98 Å². The summed E-state index contributed by atoms with van der Waals surface area (Å²) in [7, 11) is 1.46. The van der Waals surface area contributed by atoms with E-state index in [1.165, 1.54) is 7.11 Å². The zero-order chi connectivity index (χ0) is 11.6. The van der Waals surface area contributed by atoms with Gasteiger partial charge in [-0.3, -0.25) is 9.59 Å². The van der Waals surface area contributed by atoms with E-state index in [-0.39, 0.29) is 5.84 Å². The molecule has 6 heteroatoms. The molecule has 6 nitrogen and oxygen atoms in total. The lowest BCUT2D eigenvalue weighted by Gasteiger charge is -2.23. The number of carbonyl (C=O) groups is 2. The van der Waals surface area contributed by atoms with Crippen molar-refractivity contribution in [2.24, 2.45) is 15.9 Å². The Kier molecular flexibility index (Phi) is 2.99.